The molecule has 8 heteroatoms. The van der Waals surface area contributed by atoms with Crippen molar-refractivity contribution in [2.75, 3.05) is 0 Å². The quantitative estimate of drug-likeness (QED) is 0.708. The number of carbonyl (C=O) groups excluding carboxylic acids is 2. The van der Waals surface area contributed by atoms with Crippen molar-refractivity contribution >= 4 is 34.8 Å². The summed E-state index contributed by atoms with van der Waals surface area (Å²) < 4.78 is 14.4. The molecular weight excluding hydrogens is 389 g/mol. The average Bonchev–Trinajstić information content (AvgIpc) is 3.17. The summed E-state index contributed by atoms with van der Waals surface area (Å²) in [7, 11) is 0. The van der Waals surface area contributed by atoms with Gasteiger partial charge in [0.25, 0.3) is 5.91 Å². The molecule has 144 valence electrons. The number of hydrogen-bond acceptors (Lipinski definition) is 4. The van der Waals surface area contributed by atoms with Gasteiger partial charge >= 0.3 is 0 Å². The fourth-order valence-corrected chi connectivity index (χ4v) is 3.89. The van der Waals surface area contributed by atoms with E-state index >= 15 is 0 Å². The minimum Gasteiger partial charge on any atom is -0.352 e. The van der Waals surface area contributed by atoms with E-state index in [0.29, 0.717) is 17.1 Å². The van der Waals surface area contributed by atoms with E-state index in [1.165, 1.54) is 11.3 Å². The Morgan fingerprint density at radius 1 is 1.37 bits per heavy atom. The molecule has 0 aliphatic carbocycles. The van der Waals surface area contributed by atoms with E-state index in [1.54, 1.807) is 12.1 Å². The summed E-state index contributed by atoms with van der Waals surface area (Å²) in [5, 5.41) is 10.9. The van der Waals surface area contributed by atoms with Crippen LogP contribution in [0.15, 0.2) is 35.7 Å². The lowest BCUT2D eigenvalue weighted by atomic mass is 10.0. The standard InChI is InChI=1S/C19H21ClFN3O2S/c1-10(2)18(25)22-9-11-5-6-13(20)12(8-11)17-23-16(14-4-3-7-27-14)15(21)19(26)24-17/h3-8,10,15-17,23H,9H2,1-2H3,(H,22,25)(H,24,26). The van der Waals surface area contributed by atoms with Crippen molar-refractivity contribution in [3.05, 3.63) is 56.7 Å². The molecule has 0 saturated carbocycles. The molecular formula is C19H21ClFN3O2S. The van der Waals surface area contributed by atoms with Gasteiger partial charge in [0.1, 0.15) is 6.17 Å². The van der Waals surface area contributed by atoms with E-state index in [1.807, 2.05) is 37.4 Å². The normalized spacial score (nSPS) is 22.6. The first-order chi connectivity index (χ1) is 12.9. The zero-order valence-corrected chi connectivity index (χ0v) is 16.5. The van der Waals surface area contributed by atoms with Crippen LogP contribution in [-0.4, -0.2) is 18.0 Å². The summed E-state index contributed by atoms with van der Waals surface area (Å²) in [6.45, 7) is 3.99. The first-order valence-electron chi connectivity index (χ1n) is 8.66. The van der Waals surface area contributed by atoms with Crippen molar-refractivity contribution in [2.45, 2.75) is 38.8 Å². The van der Waals surface area contributed by atoms with Crippen LogP contribution in [0.1, 0.15) is 42.1 Å². The number of hydrogen-bond donors (Lipinski definition) is 3. The van der Waals surface area contributed by atoms with E-state index in [-0.39, 0.29) is 11.8 Å². The maximum absolute atomic E-state index is 14.4. The number of rotatable bonds is 5. The molecule has 0 radical (unpaired) electrons. The minimum atomic E-state index is -1.67. The second-order valence-corrected chi connectivity index (χ2v) is 8.12. The van der Waals surface area contributed by atoms with E-state index < -0.39 is 24.3 Å². The van der Waals surface area contributed by atoms with Gasteiger partial charge in [-0.05, 0) is 29.1 Å². The Morgan fingerprint density at radius 2 is 2.15 bits per heavy atom. The summed E-state index contributed by atoms with van der Waals surface area (Å²) in [5.41, 5.74) is 1.48. The smallest absolute Gasteiger partial charge is 0.258 e. The average molecular weight is 410 g/mol. The maximum Gasteiger partial charge on any atom is 0.258 e. The summed E-state index contributed by atoms with van der Waals surface area (Å²) in [4.78, 5) is 24.7. The van der Waals surface area contributed by atoms with Crippen LogP contribution in [0, 0.1) is 5.92 Å². The number of carbonyl (C=O) groups is 2. The molecule has 1 aliphatic rings. The molecule has 1 aromatic carbocycles. The van der Waals surface area contributed by atoms with Crippen molar-refractivity contribution in [3.8, 4) is 0 Å². The van der Waals surface area contributed by atoms with Gasteiger partial charge in [-0.1, -0.05) is 37.6 Å². The van der Waals surface area contributed by atoms with Gasteiger partial charge < -0.3 is 10.6 Å². The van der Waals surface area contributed by atoms with Gasteiger partial charge in [-0.2, -0.15) is 0 Å². The van der Waals surface area contributed by atoms with Crippen LogP contribution in [0.4, 0.5) is 4.39 Å². The molecule has 3 atom stereocenters. The van der Waals surface area contributed by atoms with Gasteiger partial charge in [0.05, 0.1) is 6.04 Å². The number of benzene rings is 1. The Bertz CT molecular complexity index is 828. The van der Waals surface area contributed by atoms with Crippen molar-refractivity contribution in [3.63, 3.8) is 0 Å². The Morgan fingerprint density at radius 3 is 2.81 bits per heavy atom. The first-order valence-corrected chi connectivity index (χ1v) is 9.92. The van der Waals surface area contributed by atoms with Crippen LogP contribution in [0.5, 0.6) is 0 Å². The van der Waals surface area contributed by atoms with Gasteiger partial charge in [-0.25, -0.2) is 4.39 Å². The van der Waals surface area contributed by atoms with E-state index in [2.05, 4.69) is 16.0 Å². The Labute approximate surface area is 166 Å². The third-order valence-corrected chi connectivity index (χ3v) is 5.69. The highest BCUT2D eigenvalue weighted by Crippen LogP contribution is 2.32. The van der Waals surface area contributed by atoms with Crippen LogP contribution in [0.25, 0.3) is 0 Å². The predicted octanol–water partition coefficient (Wildman–Crippen LogP) is 3.47. The number of nitrogens with one attached hydrogen (secondary N) is 3. The number of thiophene rings is 1. The van der Waals surface area contributed by atoms with Crippen LogP contribution in [-0.2, 0) is 16.1 Å². The third kappa shape index (κ3) is 4.48. The SMILES string of the molecule is CC(C)C(=O)NCc1ccc(Cl)c(C2NC(=O)C(F)C(c3cccs3)N2)c1. The van der Waals surface area contributed by atoms with Gasteiger partial charge in [0, 0.05) is 27.9 Å². The molecule has 1 fully saturated rings. The van der Waals surface area contributed by atoms with Crippen LogP contribution in [0.3, 0.4) is 0 Å². The lowest BCUT2D eigenvalue weighted by molar-refractivity contribution is -0.131. The number of amides is 2. The predicted molar refractivity (Wildman–Crippen MR) is 104 cm³/mol. The van der Waals surface area contributed by atoms with Gasteiger partial charge in [-0.15, -0.1) is 11.3 Å². The molecule has 1 aliphatic heterocycles. The lowest BCUT2D eigenvalue weighted by Crippen LogP contribution is -2.53. The highest BCUT2D eigenvalue weighted by atomic mass is 35.5. The maximum atomic E-state index is 14.4. The van der Waals surface area contributed by atoms with Crippen LogP contribution >= 0.6 is 22.9 Å². The molecule has 2 heterocycles. The second kappa shape index (κ2) is 8.37. The highest BCUT2D eigenvalue weighted by molar-refractivity contribution is 7.10. The molecule has 27 heavy (non-hydrogen) atoms. The molecule has 0 bridgehead atoms. The number of halogens is 2. The molecule has 0 spiro atoms. The first kappa shape index (κ1) is 19.8. The van der Waals surface area contributed by atoms with E-state index in [0.717, 1.165) is 10.4 Å². The minimum absolute atomic E-state index is 0.0476. The topological polar surface area (TPSA) is 70.2 Å². The summed E-state index contributed by atoms with van der Waals surface area (Å²) >= 11 is 7.72. The molecule has 1 saturated heterocycles. The second-order valence-electron chi connectivity index (χ2n) is 6.73. The highest BCUT2D eigenvalue weighted by Gasteiger charge is 2.38. The van der Waals surface area contributed by atoms with E-state index in [9.17, 15) is 14.0 Å². The van der Waals surface area contributed by atoms with Gasteiger partial charge in [0.15, 0.2) is 6.17 Å². The fourth-order valence-electron chi connectivity index (χ4n) is 2.86. The third-order valence-electron chi connectivity index (χ3n) is 4.39. The van der Waals surface area contributed by atoms with Crippen molar-refractivity contribution < 1.29 is 14.0 Å². The fraction of sp³-hybridized carbons (Fsp3) is 0.368. The molecule has 3 unspecified atom stereocenters. The molecule has 3 N–H and O–H groups in total. The molecule has 3 rings (SSSR count). The molecule has 1 aromatic heterocycles. The van der Waals surface area contributed by atoms with E-state index in [4.69, 9.17) is 11.6 Å². The Kier molecular flexibility index (Phi) is 6.14. The lowest BCUT2D eigenvalue weighted by Gasteiger charge is -2.34. The van der Waals surface area contributed by atoms with Crippen molar-refractivity contribution in [2.24, 2.45) is 5.92 Å². The monoisotopic (exact) mass is 409 g/mol. The van der Waals surface area contributed by atoms with Gasteiger partial charge in [0.2, 0.25) is 5.91 Å². The molecule has 5 nitrogen and oxygen atoms in total. The van der Waals surface area contributed by atoms with Crippen LogP contribution < -0.4 is 16.0 Å². The van der Waals surface area contributed by atoms with Crippen LogP contribution in [0.2, 0.25) is 5.02 Å². The Hall–Kier alpha value is -1.96. The van der Waals surface area contributed by atoms with Crippen molar-refractivity contribution in [1.82, 2.24) is 16.0 Å². The molecule has 2 amide bonds. The Balaban J connectivity index is 1.81. The summed E-state index contributed by atoms with van der Waals surface area (Å²) in [6, 6.07) is 8.22. The molecule has 2 aromatic rings. The summed E-state index contributed by atoms with van der Waals surface area (Å²) in [6.07, 6.45) is -2.29. The van der Waals surface area contributed by atoms with Crippen molar-refractivity contribution in [1.29, 1.82) is 0 Å². The summed E-state index contributed by atoms with van der Waals surface area (Å²) in [5.74, 6) is -0.829. The largest absolute Gasteiger partial charge is 0.352 e. The van der Waals surface area contributed by atoms with Gasteiger partial charge in [-0.3, -0.25) is 14.9 Å². The number of alkyl halides is 1. The zero-order valence-electron chi connectivity index (χ0n) is 15.0. The zero-order chi connectivity index (χ0) is 19.6.